The highest BCUT2D eigenvalue weighted by atomic mass is 79.9. The molecular weight excluding hydrogens is 447 g/mol. The normalized spacial score (nSPS) is 11.6. The van der Waals surface area contributed by atoms with Gasteiger partial charge in [-0.05, 0) is 41.2 Å². The van der Waals surface area contributed by atoms with E-state index in [2.05, 4.69) is 41.9 Å². The highest BCUT2D eigenvalue weighted by Gasteiger charge is 2.23. The molecule has 0 bridgehead atoms. The minimum atomic E-state index is -3.80. The third-order valence-electron chi connectivity index (χ3n) is 2.52. The van der Waals surface area contributed by atoms with Crippen LogP contribution in [-0.4, -0.2) is 15.5 Å². The van der Waals surface area contributed by atoms with Gasteiger partial charge in [0.25, 0.3) is 10.0 Å². The van der Waals surface area contributed by atoms with Gasteiger partial charge < -0.3 is 9.73 Å². The number of halogens is 3. The Labute approximate surface area is 144 Å². The molecule has 0 amide bonds. The van der Waals surface area contributed by atoms with Gasteiger partial charge >= 0.3 is 0 Å². The summed E-state index contributed by atoms with van der Waals surface area (Å²) in [7, 11) is -2.06. The Kier molecular flexibility index (Phi) is 5.37. The van der Waals surface area contributed by atoms with E-state index in [0.717, 1.165) is 0 Å². The van der Waals surface area contributed by atoms with Crippen LogP contribution in [0, 0.1) is 0 Å². The molecule has 21 heavy (non-hydrogen) atoms. The van der Waals surface area contributed by atoms with Crippen molar-refractivity contribution in [2.75, 3.05) is 11.8 Å². The first kappa shape index (κ1) is 16.8. The van der Waals surface area contributed by atoms with Gasteiger partial charge in [-0.25, -0.2) is 8.42 Å². The molecule has 0 unspecified atom stereocenters. The summed E-state index contributed by atoms with van der Waals surface area (Å²) >= 11 is 12.4. The second-order valence-electron chi connectivity index (χ2n) is 4.11. The molecule has 2 N–H and O–H groups in total. The highest BCUT2D eigenvalue weighted by molar-refractivity contribution is 9.10. The number of hydrogen-bond donors (Lipinski definition) is 2. The third-order valence-corrected chi connectivity index (χ3v) is 5.57. The van der Waals surface area contributed by atoms with Crippen molar-refractivity contribution in [1.82, 2.24) is 5.32 Å². The van der Waals surface area contributed by atoms with Crippen molar-refractivity contribution >= 4 is 59.2 Å². The first-order valence-corrected chi connectivity index (χ1v) is 9.19. The van der Waals surface area contributed by atoms with Crippen LogP contribution in [0.2, 0.25) is 5.02 Å². The van der Waals surface area contributed by atoms with E-state index in [1.165, 1.54) is 6.07 Å². The van der Waals surface area contributed by atoms with E-state index < -0.39 is 10.0 Å². The fourth-order valence-corrected chi connectivity index (χ4v) is 4.27. The summed E-state index contributed by atoms with van der Waals surface area (Å²) in [5.74, 6) is 0.505. The summed E-state index contributed by atoms with van der Waals surface area (Å²) in [4.78, 5) is 0.0174. The Hall–Kier alpha value is -0.540. The second kappa shape index (κ2) is 6.70. The lowest BCUT2D eigenvalue weighted by Gasteiger charge is -2.08. The quantitative estimate of drug-likeness (QED) is 0.711. The van der Waals surface area contributed by atoms with Crippen LogP contribution >= 0.6 is 43.5 Å². The van der Waals surface area contributed by atoms with E-state index in [9.17, 15) is 8.42 Å². The topological polar surface area (TPSA) is 71.3 Å². The van der Waals surface area contributed by atoms with Crippen molar-refractivity contribution in [3.8, 4) is 0 Å². The summed E-state index contributed by atoms with van der Waals surface area (Å²) in [6.45, 7) is 0.422. The van der Waals surface area contributed by atoms with Gasteiger partial charge in [0.2, 0.25) is 0 Å². The molecule has 2 aromatic rings. The first-order chi connectivity index (χ1) is 9.83. The molecule has 2 rings (SSSR count). The monoisotopic (exact) mass is 456 g/mol. The maximum atomic E-state index is 12.4. The summed E-state index contributed by atoms with van der Waals surface area (Å²) < 4.78 is 33.4. The fourth-order valence-electron chi connectivity index (χ4n) is 1.62. The average Bonchev–Trinajstić information content (AvgIpc) is 2.76. The smallest absolute Gasteiger partial charge is 0.266 e. The lowest BCUT2D eigenvalue weighted by Crippen LogP contribution is -2.13. The third kappa shape index (κ3) is 4.01. The van der Waals surface area contributed by atoms with Crippen LogP contribution in [0.5, 0.6) is 0 Å². The number of nitrogens with one attached hydrogen (secondary N) is 2. The molecule has 5 nitrogen and oxygen atoms in total. The van der Waals surface area contributed by atoms with Gasteiger partial charge in [-0.2, -0.15) is 0 Å². The van der Waals surface area contributed by atoms with Gasteiger partial charge in [-0.15, -0.1) is 0 Å². The molecule has 0 fully saturated rings. The van der Waals surface area contributed by atoms with E-state index in [1.807, 2.05) is 0 Å². The zero-order valence-electron chi connectivity index (χ0n) is 10.8. The number of anilines is 1. The van der Waals surface area contributed by atoms with Crippen LogP contribution in [0.25, 0.3) is 0 Å². The summed E-state index contributed by atoms with van der Waals surface area (Å²) in [5.41, 5.74) is 0.286. The zero-order valence-corrected chi connectivity index (χ0v) is 15.5. The molecule has 0 aliphatic rings. The molecule has 0 atom stereocenters. The molecule has 0 saturated carbocycles. The molecular formula is C12H11Br2ClN2O3S. The lowest BCUT2D eigenvalue weighted by atomic mass is 10.3. The standard InChI is InChI=1S/C12H11Br2ClN2O3S/c1-16-6-8-5-11(12(14)20-8)21(18,19)17-10-4-7(13)2-3-9(10)15/h2-5,16-17H,6H2,1H3. The van der Waals surface area contributed by atoms with E-state index in [1.54, 1.807) is 25.2 Å². The highest BCUT2D eigenvalue weighted by Crippen LogP contribution is 2.31. The van der Waals surface area contributed by atoms with Gasteiger partial charge in [0.1, 0.15) is 10.7 Å². The SMILES string of the molecule is CNCc1cc(S(=O)(=O)Nc2cc(Br)ccc2Cl)c(Br)o1. The number of benzene rings is 1. The van der Waals surface area contributed by atoms with Gasteiger partial charge in [0.05, 0.1) is 17.3 Å². The molecule has 1 aromatic carbocycles. The molecule has 0 aliphatic heterocycles. The van der Waals surface area contributed by atoms with Crippen molar-refractivity contribution in [3.05, 3.63) is 44.2 Å². The molecule has 0 spiro atoms. The van der Waals surface area contributed by atoms with Gasteiger partial charge in [-0.1, -0.05) is 27.5 Å². The van der Waals surface area contributed by atoms with Crippen molar-refractivity contribution in [3.63, 3.8) is 0 Å². The van der Waals surface area contributed by atoms with E-state index >= 15 is 0 Å². The maximum absolute atomic E-state index is 12.4. The van der Waals surface area contributed by atoms with E-state index in [-0.39, 0.29) is 15.3 Å². The number of rotatable bonds is 5. The van der Waals surface area contributed by atoms with Crippen molar-refractivity contribution in [2.24, 2.45) is 0 Å². The molecule has 114 valence electrons. The molecule has 1 aromatic heterocycles. The zero-order chi connectivity index (χ0) is 15.6. The molecule has 0 saturated heterocycles. The fraction of sp³-hybridized carbons (Fsp3) is 0.167. The summed E-state index contributed by atoms with van der Waals surface area (Å²) in [6, 6.07) is 6.36. The molecule has 0 radical (unpaired) electrons. The van der Waals surface area contributed by atoms with Gasteiger partial charge in [0.15, 0.2) is 4.67 Å². The van der Waals surface area contributed by atoms with Crippen molar-refractivity contribution < 1.29 is 12.8 Å². The predicted molar refractivity (Wildman–Crippen MR) is 89.1 cm³/mol. The van der Waals surface area contributed by atoms with Crippen molar-refractivity contribution in [1.29, 1.82) is 0 Å². The van der Waals surface area contributed by atoms with E-state index in [4.69, 9.17) is 16.0 Å². The summed E-state index contributed by atoms with van der Waals surface area (Å²) in [5, 5.41) is 3.19. The van der Waals surface area contributed by atoms with Crippen LogP contribution in [0.3, 0.4) is 0 Å². The number of hydrogen-bond acceptors (Lipinski definition) is 4. The average molecular weight is 459 g/mol. The Morgan fingerprint density at radius 2 is 2.00 bits per heavy atom. The maximum Gasteiger partial charge on any atom is 0.266 e. The van der Waals surface area contributed by atoms with Crippen LogP contribution in [0.1, 0.15) is 5.76 Å². The minimum Gasteiger partial charge on any atom is -0.451 e. The predicted octanol–water partition coefficient (Wildman–Crippen LogP) is 3.98. The van der Waals surface area contributed by atoms with Gasteiger partial charge in [-0.3, -0.25) is 4.72 Å². The summed E-state index contributed by atoms with van der Waals surface area (Å²) in [6.07, 6.45) is 0. The molecule has 1 heterocycles. The number of furan rings is 1. The Bertz CT molecular complexity index is 762. The van der Waals surface area contributed by atoms with Crippen LogP contribution in [0.4, 0.5) is 5.69 Å². The van der Waals surface area contributed by atoms with E-state index in [0.29, 0.717) is 21.8 Å². The van der Waals surface area contributed by atoms with Gasteiger partial charge in [0, 0.05) is 10.5 Å². The lowest BCUT2D eigenvalue weighted by molar-refractivity contribution is 0.470. The largest absolute Gasteiger partial charge is 0.451 e. The minimum absolute atomic E-state index is 0.0174. The van der Waals surface area contributed by atoms with Crippen molar-refractivity contribution in [2.45, 2.75) is 11.4 Å². The van der Waals surface area contributed by atoms with Crippen LogP contribution < -0.4 is 10.0 Å². The second-order valence-corrected chi connectivity index (χ2v) is 7.80. The Morgan fingerprint density at radius 1 is 1.29 bits per heavy atom. The Morgan fingerprint density at radius 3 is 2.67 bits per heavy atom. The Balaban J connectivity index is 2.36. The number of sulfonamides is 1. The molecule has 0 aliphatic carbocycles. The van der Waals surface area contributed by atoms with Crippen LogP contribution in [0.15, 0.2) is 42.7 Å². The van der Waals surface area contributed by atoms with Crippen LogP contribution in [-0.2, 0) is 16.6 Å². The molecule has 9 heteroatoms. The first-order valence-electron chi connectivity index (χ1n) is 5.74.